The summed E-state index contributed by atoms with van der Waals surface area (Å²) in [6, 6.07) is 1.85. The van der Waals surface area contributed by atoms with Crippen LogP contribution < -0.4 is 10.6 Å². The van der Waals surface area contributed by atoms with Gasteiger partial charge < -0.3 is 10.6 Å². The molecule has 1 rings (SSSR count). The molecule has 1 atom stereocenters. The van der Waals surface area contributed by atoms with Gasteiger partial charge in [0.1, 0.15) is 0 Å². The molecule has 5 nitrogen and oxygen atoms in total. The first kappa shape index (κ1) is 15.7. The van der Waals surface area contributed by atoms with Crippen LogP contribution in [0.15, 0.2) is 12.3 Å². The Labute approximate surface area is 115 Å². The van der Waals surface area contributed by atoms with E-state index in [1.54, 1.807) is 6.20 Å². The minimum Gasteiger partial charge on any atom is -0.355 e. The standard InChI is InChI=1S/C14H26N4O/c1-4-5-6-9-16-14(19)12(2)15-10-7-13-8-11-17-18(13)3/h8,11-12,15H,4-7,9-10H2,1-3H3,(H,16,19). The monoisotopic (exact) mass is 266 g/mol. The number of hydrogen-bond acceptors (Lipinski definition) is 3. The van der Waals surface area contributed by atoms with Crippen molar-refractivity contribution >= 4 is 5.91 Å². The third kappa shape index (κ3) is 5.87. The van der Waals surface area contributed by atoms with Crippen LogP contribution in [0, 0.1) is 0 Å². The Morgan fingerprint density at radius 2 is 2.21 bits per heavy atom. The van der Waals surface area contributed by atoms with E-state index in [9.17, 15) is 4.79 Å². The Morgan fingerprint density at radius 1 is 1.42 bits per heavy atom. The van der Waals surface area contributed by atoms with Crippen LogP contribution in [0.3, 0.4) is 0 Å². The molecule has 0 fully saturated rings. The molecular weight excluding hydrogens is 240 g/mol. The summed E-state index contributed by atoms with van der Waals surface area (Å²) in [4.78, 5) is 11.8. The second-order valence-corrected chi connectivity index (χ2v) is 4.87. The normalized spacial score (nSPS) is 12.4. The fourth-order valence-corrected chi connectivity index (χ4v) is 1.90. The molecule has 0 aliphatic heterocycles. The lowest BCUT2D eigenvalue weighted by Crippen LogP contribution is -2.43. The summed E-state index contributed by atoms with van der Waals surface area (Å²) >= 11 is 0. The molecular formula is C14H26N4O. The van der Waals surface area contributed by atoms with Crippen molar-refractivity contribution in [3.8, 4) is 0 Å². The first-order valence-corrected chi connectivity index (χ1v) is 7.13. The summed E-state index contributed by atoms with van der Waals surface area (Å²) < 4.78 is 1.86. The molecule has 1 aromatic rings. The summed E-state index contributed by atoms with van der Waals surface area (Å²) in [6.45, 7) is 5.62. The maximum Gasteiger partial charge on any atom is 0.236 e. The highest BCUT2D eigenvalue weighted by Gasteiger charge is 2.11. The maximum atomic E-state index is 11.8. The number of nitrogens with one attached hydrogen (secondary N) is 2. The zero-order valence-corrected chi connectivity index (χ0v) is 12.3. The quantitative estimate of drug-likeness (QED) is 0.661. The van der Waals surface area contributed by atoms with Crippen LogP contribution in [-0.2, 0) is 18.3 Å². The van der Waals surface area contributed by atoms with Crippen molar-refractivity contribution in [2.24, 2.45) is 7.05 Å². The van der Waals surface area contributed by atoms with Crippen molar-refractivity contribution in [2.45, 2.75) is 45.6 Å². The molecule has 1 unspecified atom stereocenters. The number of nitrogens with zero attached hydrogens (tertiary/aromatic N) is 2. The van der Waals surface area contributed by atoms with E-state index in [0.29, 0.717) is 0 Å². The van der Waals surface area contributed by atoms with Gasteiger partial charge in [-0.3, -0.25) is 9.48 Å². The Balaban J connectivity index is 2.14. The van der Waals surface area contributed by atoms with E-state index in [1.807, 2.05) is 24.7 Å². The van der Waals surface area contributed by atoms with Crippen molar-refractivity contribution in [1.82, 2.24) is 20.4 Å². The topological polar surface area (TPSA) is 59.0 Å². The predicted molar refractivity (Wildman–Crippen MR) is 76.9 cm³/mol. The maximum absolute atomic E-state index is 11.8. The van der Waals surface area contributed by atoms with E-state index >= 15 is 0 Å². The molecule has 1 aromatic heterocycles. The molecule has 1 heterocycles. The predicted octanol–water partition coefficient (Wildman–Crippen LogP) is 1.25. The molecule has 2 N–H and O–H groups in total. The van der Waals surface area contributed by atoms with Gasteiger partial charge in [0, 0.05) is 38.4 Å². The van der Waals surface area contributed by atoms with Crippen LogP contribution in [0.4, 0.5) is 0 Å². The molecule has 0 saturated heterocycles. The van der Waals surface area contributed by atoms with Gasteiger partial charge in [-0.05, 0) is 19.4 Å². The number of hydrogen-bond donors (Lipinski definition) is 2. The SMILES string of the molecule is CCCCCNC(=O)C(C)NCCc1ccnn1C. The van der Waals surface area contributed by atoms with Crippen molar-refractivity contribution < 1.29 is 4.79 Å². The molecule has 108 valence electrons. The average molecular weight is 266 g/mol. The largest absolute Gasteiger partial charge is 0.355 e. The Hall–Kier alpha value is -1.36. The summed E-state index contributed by atoms with van der Waals surface area (Å²) in [5.74, 6) is 0.0844. The third-order valence-corrected chi connectivity index (χ3v) is 3.23. The third-order valence-electron chi connectivity index (χ3n) is 3.23. The zero-order chi connectivity index (χ0) is 14.1. The van der Waals surface area contributed by atoms with Gasteiger partial charge in [0.15, 0.2) is 0 Å². The van der Waals surface area contributed by atoms with Gasteiger partial charge >= 0.3 is 0 Å². The number of carbonyl (C=O) groups excluding carboxylic acids is 1. The number of carbonyl (C=O) groups is 1. The summed E-state index contributed by atoms with van der Waals surface area (Å²) in [5.41, 5.74) is 1.17. The van der Waals surface area contributed by atoms with Crippen LogP contribution in [0.5, 0.6) is 0 Å². The van der Waals surface area contributed by atoms with Gasteiger partial charge in [-0.15, -0.1) is 0 Å². The van der Waals surface area contributed by atoms with Gasteiger partial charge in [0.2, 0.25) is 5.91 Å². The van der Waals surface area contributed by atoms with Crippen molar-refractivity contribution in [3.63, 3.8) is 0 Å². The minimum absolute atomic E-state index is 0.0844. The summed E-state index contributed by atoms with van der Waals surface area (Å²) in [6.07, 6.45) is 6.07. The second kappa shape index (κ2) is 8.69. The van der Waals surface area contributed by atoms with Gasteiger partial charge in [-0.25, -0.2) is 0 Å². The van der Waals surface area contributed by atoms with Crippen LogP contribution >= 0.6 is 0 Å². The molecule has 0 aliphatic carbocycles. The Bertz CT molecular complexity index is 375. The second-order valence-electron chi connectivity index (χ2n) is 4.87. The molecule has 0 radical (unpaired) electrons. The highest BCUT2D eigenvalue weighted by atomic mass is 16.2. The first-order chi connectivity index (χ1) is 9.15. The molecule has 0 aliphatic rings. The highest BCUT2D eigenvalue weighted by molar-refractivity contribution is 5.81. The lowest BCUT2D eigenvalue weighted by Gasteiger charge is -2.14. The molecule has 1 amide bonds. The van der Waals surface area contributed by atoms with E-state index in [0.717, 1.165) is 25.9 Å². The van der Waals surface area contributed by atoms with Crippen LogP contribution in [0.2, 0.25) is 0 Å². The summed E-state index contributed by atoms with van der Waals surface area (Å²) in [5, 5.41) is 10.3. The highest BCUT2D eigenvalue weighted by Crippen LogP contribution is 1.97. The zero-order valence-electron chi connectivity index (χ0n) is 12.3. The number of unbranched alkanes of at least 4 members (excludes halogenated alkanes) is 2. The number of rotatable bonds is 9. The van der Waals surface area contributed by atoms with Crippen molar-refractivity contribution in [1.29, 1.82) is 0 Å². The first-order valence-electron chi connectivity index (χ1n) is 7.13. The van der Waals surface area contributed by atoms with E-state index < -0.39 is 0 Å². The smallest absolute Gasteiger partial charge is 0.236 e. The van der Waals surface area contributed by atoms with Crippen molar-refractivity contribution in [2.75, 3.05) is 13.1 Å². The van der Waals surface area contributed by atoms with E-state index in [-0.39, 0.29) is 11.9 Å². The van der Waals surface area contributed by atoms with Crippen LogP contribution in [0.25, 0.3) is 0 Å². The van der Waals surface area contributed by atoms with Gasteiger partial charge in [0.25, 0.3) is 0 Å². The lowest BCUT2D eigenvalue weighted by atomic mass is 10.2. The summed E-state index contributed by atoms with van der Waals surface area (Å²) in [7, 11) is 1.93. The molecule has 0 saturated carbocycles. The Morgan fingerprint density at radius 3 is 2.84 bits per heavy atom. The fraction of sp³-hybridized carbons (Fsp3) is 0.714. The lowest BCUT2D eigenvalue weighted by molar-refractivity contribution is -0.122. The Kier molecular flexibility index (Phi) is 7.18. The van der Waals surface area contributed by atoms with Gasteiger partial charge in [0.05, 0.1) is 6.04 Å². The molecule has 5 heteroatoms. The average Bonchev–Trinajstić information content (AvgIpc) is 2.80. The van der Waals surface area contributed by atoms with Gasteiger partial charge in [-0.2, -0.15) is 5.10 Å². The molecule has 0 bridgehead atoms. The fourth-order valence-electron chi connectivity index (χ4n) is 1.90. The van der Waals surface area contributed by atoms with Crippen LogP contribution in [0.1, 0.15) is 38.8 Å². The number of aryl methyl sites for hydroxylation is 1. The van der Waals surface area contributed by atoms with Crippen molar-refractivity contribution in [3.05, 3.63) is 18.0 Å². The molecule has 19 heavy (non-hydrogen) atoms. The molecule has 0 spiro atoms. The van der Waals surface area contributed by atoms with E-state index in [2.05, 4.69) is 22.7 Å². The number of aromatic nitrogens is 2. The molecule has 0 aromatic carbocycles. The van der Waals surface area contributed by atoms with Gasteiger partial charge in [-0.1, -0.05) is 19.8 Å². The number of amides is 1. The minimum atomic E-state index is -0.144. The van der Waals surface area contributed by atoms with Crippen LogP contribution in [-0.4, -0.2) is 34.8 Å². The van der Waals surface area contributed by atoms with E-state index in [1.165, 1.54) is 18.5 Å². The van der Waals surface area contributed by atoms with E-state index in [4.69, 9.17) is 0 Å².